The lowest BCUT2D eigenvalue weighted by atomic mass is 10.0. The van der Waals surface area contributed by atoms with E-state index in [4.69, 9.17) is 4.74 Å². The summed E-state index contributed by atoms with van der Waals surface area (Å²) >= 11 is 0. The molecule has 0 N–H and O–H groups in total. The van der Waals surface area contributed by atoms with Crippen molar-refractivity contribution in [2.75, 3.05) is 18.1 Å². The lowest BCUT2D eigenvalue weighted by Crippen LogP contribution is -2.39. The topological polar surface area (TPSA) is 29.5 Å². The molecular formula is C17H15F2NO2. The molecule has 1 heterocycles. The van der Waals surface area contributed by atoms with Crippen molar-refractivity contribution in [1.29, 1.82) is 0 Å². The molecule has 5 heteroatoms. The van der Waals surface area contributed by atoms with Crippen molar-refractivity contribution in [3.8, 4) is 5.75 Å². The van der Waals surface area contributed by atoms with Gasteiger partial charge in [0, 0.05) is 12.6 Å². The lowest BCUT2D eigenvalue weighted by molar-refractivity contribution is -0.120. The lowest BCUT2D eigenvalue weighted by Gasteiger charge is -2.29. The molecule has 0 fully saturated rings. The first-order valence-corrected chi connectivity index (χ1v) is 7.11. The van der Waals surface area contributed by atoms with Crippen molar-refractivity contribution in [2.24, 2.45) is 0 Å². The molecule has 0 atom stereocenters. The summed E-state index contributed by atoms with van der Waals surface area (Å²) in [6.45, 7) is 0.205. The summed E-state index contributed by atoms with van der Waals surface area (Å²) in [5.41, 5.74) is 1.16. The maximum Gasteiger partial charge on any atom is 0.265 e. The maximum atomic E-state index is 14.0. The molecule has 2 aromatic rings. The molecule has 22 heavy (non-hydrogen) atoms. The highest BCUT2D eigenvalue weighted by molar-refractivity contribution is 5.95. The first-order valence-electron chi connectivity index (χ1n) is 7.11. The zero-order chi connectivity index (χ0) is 15.5. The maximum absolute atomic E-state index is 14.0. The molecule has 1 aliphatic rings. The Hall–Kier alpha value is -2.43. The van der Waals surface area contributed by atoms with E-state index in [2.05, 4.69) is 0 Å². The van der Waals surface area contributed by atoms with Crippen molar-refractivity contribution in [3.05, 3.63) is 59.7 Å². The third-order valence-corrected chi connectivity index (χ3v) is 3.63. The minimum atomic E-state index is -0.431. The fourth-order valence-corrected chi connectivity index (χ4v) is 2.63. The molecule has 1 amide bonds. The van der Waals surface area contributed by atoms with Gasteiger partial charge in [-0.2, -0.15) is 0 Å². The Balaban J connectivity index is 1.74. The highest BCUT2D eigenvalue weighted by Gasteiger charge is 2.25. The normalized spacial score (nSPS) is 13.6. The van der Waals surface area contributed by atoms with Crippen LogP contribution in [0, 0.1) is 11.6 Å². The highest BCUT2D eigenvalue weighted by atomic mass is 19.1. The molecule has 0 unspecified atom stereocenters. The predicted molar refractivity (Wildman–Crippen MR) is 79.0 cm³/mol. The summed E-state index contributed by atoms with van der Waals surface area (Å²) in [5.74, 6) is -0.898. The van der Waals surface area contributed by atoms with Crippen molar-refractivity contribution >= 4 is 11.6 Å². The van der Waals surface area contributed by atoms with Gasteiger partial charge in [0.25, 0.3) is 5.91 Å². The van der Waals surface area contributed by atoms with Gasteiger partial charge in [-0.3, -0.25) is 4.79 Å². The average Bonchev–Trinajstić information content (AvgIpc) is 2.52. The minimum absolute atomic E-state index is 0.253. The second-order valence-electron chi connectivity index (χ2n) is 5.14. The van der Waals surface area contributed by atoms with Crippen LogP contribution < -0.4 is 9.64 Å². The van der Waals surface area contributed by atoms with Gasteiger partial charge in [0.15, 0.2) is 6.61 Å². The fourth-order valence-electron chi connectivity index (χ4n) is 2.63. The van der Waals surface area contributed by atoms with Crippen LogP contribution >= 0.6 is 0 Å². The van der Waals surface area contributed by atoms with Crippen molar-refractivity contribution < 1.29 is 18.3 Å². The number of aryl methyl sites for hydroxylation is 1. The molecule has 0 bridgehead atoms. The van der Waals surface area contributed by atoms with Gasteiger partial charge in [-0.15, -0.1) is 0 Å². The molecule has 114 valence electrons. The zero-order valence-corrected chi connectivity index (χ0v) is 11.9. The quantitative estimate of drug-likeness (QED) is 0.870. The number of halogens is 2. The summed E-state index contributed by atoms with van der Waals surface area (Å²) in [4.78, 5) is 13.7. The first-order chi connectivity index (χ1) is 10.6. The van der Waals surface area contributed by atoms with E-state index in [1.165, 1.54) is 29.2 Å². The number of hydrogen-bond acceptors (Lipinski definition) is 2. The Labute approximate surface area is 127 Å². The largest absolute Gasteiger partial charge is 0.484 e. The molecule has 0 aliphatic carbocycles. The molecule has 2 aromatic carbocycles. The van der Waals surface area contributed by atoms with Gasteiger partial charge in [0.2, 0.25) is 0 Å². The third-order valence-electron chi connectivity index (χ3n) is 3.63. The smallest absolute Gasteiger partial charge is 0.265 e. The summed E-state index contributed by atoms with van der Waals surface area (Å²) in [6.07, 6.45) is 1.53. The van der Waals surface area contributed by atoms with Crippen LogP contribution in [-0.4, -0.2) is 19.1 Å². The Bertz CT molecular complexity index is 703. The summed E-state index contributed by atoms with van der Waals surface area (Å²) in [5, 5.41) is 0. The van der Waals surface area contributed by atoms with Crippen molar-refractivity contribution in [1.82, 2.24) is 0 Å². The number of hydrogen-bond donors (Lipinski definition) is 0. The van der Waals surface area contributed by atoms with Gasteiger partial charge >= 0.3 is 0 Å². The monoisotopic (exact) mass is 303 g/mol. The van der Waals surface area contributed by atoms with Crippen LogP contribution in [0.25, 0.3) is 0 Å². The van der Waals surface area contributed by atoms with Gasteiger partial charge in [-0.05, 0) is 36.6 Å². The van der Waals surface area contributed by atoms with Crippen molar-refractivity contribution in [3.63, 3.8) is 0 Å². The van der Waals surface area contributed by atoms with Gasteiger partial charge < -0.3 is 9.64 Å². The van der Waals surface area contributed by atoms with E-state index in [0.717, 1.165) is 18.4 Å². The predicted octanol–water partition coefficient (Wildman–Crippen LogP) is 3.32. The molecule has 1 aliphatic heterocycles. The molecule has 0 aromatic heterocycles. The van der Waals surface area contributed by atoms with E-state index in [0.29, 0.717) is 12.2 Å². The van der Waals surface area contributed by atoms with E-state index in [9.17, 15) is 13.6 Å². The molecule has 0 saturated carbocycles. The number of carbonyl (C=O) groups excluding carboxylic acids is 1. The van der Waals surface area contributed by atoms with Crippen LogP contribution in [0.4, 0.5) is 14.5 Å². The summed E-state index contributed by atoms with van der Waals surface area (Å²) in [6, 6.07) is 10.4. The highest BCUT2D eigenvalue weighted by Crippen LogP contribution is 2.30. The average molecular weight is 303 g/mol. The van der Waals surface area contributed by atoms with Gasteiger partial charge in [-0.25, -0.2) is 8.78 Å². The molecule has 0 saturated heterocycles. The third kappa shape index (κ3) is 2.93. The molecule has 3 nitrogen and oxygen atoms in total. The number of anilines is 1. The number of benzene rings is 2. The second kappa shape index (κ2) is 6.13. The number of fused-ring (bicyclic) bond motifs is 1. The van der Waals surface area contributed by atoms with E-state index in [1.807, 2.05) is 6.07 Å². The first kappa shape index (κ1) is 14.5. The van der Waals surface area contributed by atoms with Gasteiger partial charge in [-0.1, -0.05) is 18.2 Å². The van der Waals surface area contributed by atoms with Crippen LogP contribution in [0.15, 0.2) is 42.5 Å². The number of rotatable bonds is 3. The van der Waals surface area contributed by atoms with Crippen LogP contribution in [0.2, 0.25) is 0 Å². The summed E-state index contributed by atoms with van der Waals surface area (Å²) < 4.78 is 32.4. The van der Waals surface area contributed by atoms with E-state index >= 15 is 0 Å². The van der Waals surface area contributed by atoms with Crippen molar-refractivity contribution in [2.45, 2.75) is 12.8 Å². The number of carbonyl (C=O) groups is 1. The van der Waals surface area contributed by atoms with E-state index in [1.54, 1.807) is 12.1 Å². The standard InChI is InChI=1S/C17H15F2NO2/c18-13-6-2-7-14(10-13)22-11-16(21)20-9-3-5-12-4-1-8-15(19)17(12)20/h1-2,4,6-8,10H,3,5,9,11H2. The second-order valence-corrected chi connectivity index (χ2v) is 5.14. The number of ether oxygens (including phenoxy) is 1. The number of para-hydroxylation sites is 1. The van der Waals surface area contributed by atoms with Gasteiger partial charge in [0.05, 0.1) is 5.69 Å². The minimum Gasteiger partial charge on any atom is -0.484 e. The van der Waals surface area contributed by atoms with Crippen LogP contribution in [-0.2, 0) is 11.2 Å². The number of amides is 1. The Kier molecular flexibility index (Phi) is 4.04. The fraction of sp³-hybridized carbons (Fsp3) is 0.235. The number of nitrogens with zero attached hydrogens (tertiary/aromatic N) is 1. The Morgan fingerprint density at radius 2 is 2.00 bits per heavy atom. The SMILES string of the molecule is O=C(COc1cccc(F)c1)N1CCCc2cccc(F)c21. The molecular weight excluding hydrogens is 288 g/mol. The van der Waals surface area contributed by atoms with Gasteiger partial charge in [0.1, 0.15) is 17.4 Å². The van der Waals surface area contributed by atoms with Crippen LogP contribution in [0.3, 0.4) is 0 Å². The van der Waals surface area contributed by atoms with Crippen LogP contribution in [0.5, 0.6) is 5.75 Å². The van der Waals surface area contributed by atoms with Crippen LogP contribution in [0.1, 0.15) is 12.0 Å². The molecule has 0 spiro atoms. The Morgan fingerprint density at radius 1 is 1.18 bits per heavy atom. The molecule has 3 rings (SSSR count). The van der Waals surface area contributed by atoms with E-state index in [-0.39, 0.29) is 18.3 Å². The van der Waals surface area contributed by atoms with E-state index < -0.39 is 11.6 Å². The molecule has 0 radical (unpaired) electrons. The summed E-state index contributed by atoms with van der Waals surface area (Å²) in [7, 11) is 0. The Morgan fingerprint density at radius 3 is 2.82 bits per heavy atom. The zero-order valence-electron chi connectivity index (χ0n) is 11.9.